The van der Waals surface area contributed by atoms with Crippen molar-refractivity contribution in [3.63, 3.8) is 0 Å². The van der Waals surface area contributed by atoms with Crippen molar-refractivity contribution in [2.75, 3.05) is 0 Å². The van der Waals surface area contributed by atoms with Gasteiger partial charge in [-0.3, -0.25) is 4.98 Å². The number of hydrogen-bond donors (Lipinski definition) is 1. The lowest BCUT2D eigenvalue weighted by molar-refractivity contribution is 0.173. The molecule has 3 aromatic rings. The molecule has 3 heteroatoms. The van der Waals surface area contributed by atoms with Gasteiger partial charge in [0.05, 0.1) is 11.6 Å². The lowest BCUT2D eigenvalue weighted by atomic mass is 10.1. The second-order valence-electron chi connectivity index (χ2n) is 4.95. The molecule has 21 heavy (non-hydrogen) atoms. The minimum atomic E-state index is -0.413. The summed E-state index contributed by atoms with van der Waals surface area (Å²) >= 11 is 0. The minimum Gasteiger partial charge on any atom is -0.457 e. The van der Waals surface area contributed by atoms with Gasteiger partial charge in [0, 0.05) is 17.6 Å². The van der Waals surface area contributed by atoms with Crippen LogP contribution in [0, 0.1) is 0 Å². The van der Waals surface area contributed by atoms with Gasteiger partial charge in [-0.2, -0.15) is 0 Å². The first-order valence-electron chi connectivity index (χ1n) is 7.07. The molecule has 1 aromatic heterocycles. The van der Waals surface area contributed by atoms with E-state index < -0.39 is 6.10 Å². The minimum absolute atomic E-state index is 0.413. The predicted molar refractivity (Wildman–Crippen MR) is 83.5 cm³/mol. The van der Waals surface area contributed by atoms with Gasteiger partial charge >= 0.3 is 0 Å². The van der Waals surface area contributed by atoms with Crippen molar-refractivity contribution in [3.05, 3.63) is 66.4 Å². The van der Waals surface area contributed by atoms with E-state index in [4.69, 9.17) is 4.74 Å². The molecule has 0 spiro atoms. The predicted octanol–water partition coefficient (Wildman–Crippen LogP) is 4.47. The zero-order chi connectivity index (χ0) is 14.7. The summed E-state index contributed by atoms with van der Waals surface area (Å²) in [4.78, 5) is 4.32. The molecule has 0 radical (unpaired) electrons. The van der Waals surface area contributed by atoms with E-state index in [9.17, 15) is 5.11 Å². The highest BCUT2D eigenvalue weighted by Crippen LogP contribution is 2.26. The van der Waals surface area contributed by atoms with Crippen molar-refractivity contribution in [3.8, 4) is 11.5 Å². The normalized spacial score (nSPS) is 12.3. The Bertz CT molecular complexity index is 738. The Hall–Kier alpha value is -2.39. The summed E-state index contributed by atoms with van der Waals surface area (Å²) in [6.07, 6.45) is 2.06. The smallest absolute Gasteiger partial charge is 0.129 e. The highest BCUT2D eigenvalue weighted by Gasteiger charge is 2.05. The van der Waals surface area contributed by atoms with Crippen LogP contribution in [0.1, 0.15) is 25.0 Å². The summed E-state index contributed by atoms with van der Waals surface area (Å²) in [5.74, 6) is 1.50. The number of aliphatic hydroxyl groups is 1. The maximum absolute atomic E-state index is 9.78. The number of aliphatic hydroxyl groups excluding tert-OH is 1. The third-order valence-corrected chi connectivity index (χ3v) is 3.46. The van der Waals surface area contributed by atoms with Crippen LogP contribution >= 0.6 is 0 Å². The van der Waals surface area contributed by atoms with Gasteiger partial charge in [0.2, 0.25) is 0 Å². The Kier molecular flexibility index (Phi) is 3.84. The number of rotatable bonds is 4. The summed E-state index contributed by atoms with van der Waals surface area (Å²) in [7, 11) is 0. The summed E-state index contributed by atoms with van der Waals surface area (Å²) in [5.41, 5.74) is 1.82. The quantitative estimate of drug-likeness (QED) is 0.766. The van der Waals surface area contributed by atoms with E-state index in [0.29, 0.717) is 6.42 Å². The molecular formula is C18H17NO2. The van der Waals surface area contributed by atoms with Crippen molar-refractivity contribution in [1.82, 2.24) is 4.98 Å². The van der Waals surface area contributed by atoms with Gasteiger partial charge in [-0.1, -0.05) is 25.1 Å². The maximum Gasteiger partial charge on any atom is 0.129 e. The highest BCUT2D eigenvalue weighted by atomic mass is 16.5. The average Bonchev–Trinajstić information content (AvgIpc) is 2.55. The van der Waals surface area contributed by atoms with Crippen LogP contribution in [-0.4, -0.2) is 10.1 Å². The molecule has 0 saturated carbocycles. The topological polar surface area (TPSA) is 42.4 Å². The molecule has 3 nitrogen and oxygen atoms in total. The van der Waals surface area contributed by atoms with Gasteiger partial charge in [0.1, 0.15) is 11.5 Å². The van der Waals surface area contributed by atoms with Crippen molar-refractivity contribution in [1.29, 1.82) is 0 Å². The fraction of sp³-hybridized carbons (Fsp3) is 0.167. The first-order valence-corrected chi connectivity index (χ1v) is 7.07. The number of hydrogen-bond acceptors (Lipinski definition) is 3. The first kappa shape index (κ1) is 13.6. The van der Waals surface area contributed by atoms with Gasteiger partial charge in [0.25, 0.3) is 0 Å². The Balaban J connectivity index is 1.81. The molecule has 0 amide bonds. The van der Waals surface area contributed by atoms with Crippen LogP contribution in [0.3, 0.4) is 0 Å². The number of aromatic nitrogens is 1. The van der Waals surface area contributed by atoms with Crippen molar-refractivity contribution in [2.45, 2.75) is 19.4 Å². The Morgan fingerprint density at radius 3 is 2.57 bits per heavy atom. The van der Waals surface area contributed by atoms with E-state index in [0.717, 1.165) is 28.0 Å². The molecule has 0 aliphatic heterocycles. The van der Waals surface area contributed by atoms with E-state index >= 15 is 0 Å². The van der Waals surface area contributed by atoms with E-state index in [1.807, 2.05) is 61.5 Å². The van der Waals surface area contributed by atoms with E-state index in [2.05, 4.69) is 4.98 Å². The molecular weight excluding hydrogens is 262 g/mol. The number of benzene rings is 2. The SMILES string of the molecule is CC[C@H](O)c1ccc(Oc2ccc3cccnc3c2)cc1. The molecule has 106 valence electrons. The number of ether oxygens (including phenoxy) is 1. The molecule has 1 atom stereocenters. The first-order chi connectivity index (χ1) is 10.3. The number of fused-ring (bicyclic) bond motifs is 1. The fourth-order valence-electron chi connectivity index (χ4n) is 2.24. The summed E-state index contributed by atoms with van der Waals surface area (Å²) in [5, 5.41) is 10.9. The molecule has 0 saturated heterocycles. The fourth-order valence-corrected chi connectivity index (χ4v) is 2.24. The maximum atomic E-state index is 9.78. The monoisotopic (exact) mass is 279 g/mol. The van der Waals surface area contributed by atoms with Gasteiger partial charge in [0.15, 0.2) is 0 Å². The average molecular weight is 279 g/mol. The molecule has 0 aliphatic carbocycles. The van der Waals surface area contributed by atoms with Crippen LogP contribution in [0.4, 0.5) is 0 Å². The standard InChI is InChI=1S/C18H17NO2/c1-2-18(20)14-6-8-15(9-7-14)21-16-10-5-13-4-3-11-19-17(13)12-16/h3-12,18,20H,2H2,1H3/t18-/m0/s1. The Morgan fingerprint density at radius 1 is 1.05 bits per heavy atom. The number of nitrogens with zero attached hydrogens (tertiary/aromatic N) is 1. The molecule has 3 rings (SSSR count). The highest BCUT2D eigenvalue weighted by molar-refractivity contribution is 5.79. The summed E-state index contributed by atoms with van der Waals surface area (Å²) < 4.78 is 5.83. The van der Waals surface area contributed by atoms with Gasteiger partial charge in [-0.15, -0.1) is 0 Å². The summed E-state index contributed by atoms with van der Waals surface area (Å²) in [6.45, 7) is 1.96. The van der Waals surface area contributed by atoms with E-state index in [1.54, 1.807) is 6.20 Å². The van der Waals surface area contributed by atoms with Crippen LogP contribution in [-0.2, 0) is 0 Å². The van der Waals surface area contributed by atoms with Crippen LogP contribution in [0.25, 0.3) is 10.9 Å². The van der Waals surface area contributed by atoms with Crippen LogP contribution in [0.15, 0.2) is 60.8 Å². The van der Waals surface area contributed by atoms with Gasteiger partial charge in [-0.05, 0) is 42.3 Å². The molecule has 0 unspecified atom stereocenters. The van der Waals surface area contributed by atoms with Crippen molar-refractivity contribution < 1.29 is 9.84 Å². The largest absolute Gasteiger partial charge is 0.457 e. The second-order valence-corrected chi connectivity index (χ2v) is 4.95. The zero-order valence-electron chi connectivity index (χ0n) is 11.9. The van der Waals surface area contributed by atoms with Crippen LogP contribution < -0.4 is 4.74 Å². The van der Waals surface area contributed by atoms with E-state index in [-0.39, 0.29) is 0 Å². The Morgan fingerprint density at radius 2 is 1.81 bits per heavy atom. The van der Waals surface area contributed by atoms with Gasteiger partial charge < -0.3 is 9.84 Å². The lowest BCUT2D eigenvalue weighted by Gasteiger charge is -2.10. The molecule has 0 aliphatic rings. The van der Waals surface area contributed by atoms with E-state index in [1.165, 1.54) is 0 Å². The second kappa shape index (κ2) is 5.94. The zero-order valence-corrected chi connectivity index (χ0v) is 11.9. The van der Waals surface area contributed by atoms with Gasteiger partial charge in [-0.25, -0.2) is 0 Å². The Labute approximate surface area is 123 Å². The van der Waals surface area contributed by atoms with Crippen molar-refractivity contribution in [2.24, 2.45) is 0 Å². The molecule has 1 N–H and O–H groups in total. The third kappa shape index (κ3) is 3.03. The lowest BCUT2D eigenvalue weighted by Crippen LogP contribution is -1.94. The summed E-state index contributed by atoms with van der Waals surface area (Å²) in [6, 6.07) is 17.3. The van der Waals surface area contributed by atoms with Crippen molar-refractivity contribution >= 4 is 10.9 Å². The molecule has 0 fully saturated rings. The van der Waals surface area contributed by atoms with Crippen LogP contribution in [0.2, 0.25) is 0 Å². The molecule has 0 bridgehead atoms. The van der Waals surface area contributed by atoms with Crippen LogP contribution in [0.5, 0.6) is 11.5 Å². The molecule has 1 heterocycles. The number of pyridine rings is 1. The third-order valence-electron chi connectivity index (χ3n) is 3.46. The molecule has 2 aromatic carbocycles.